The third kappa shape index (κ3) is 2.95. The average molecular weight is 368 g/mol. The Hall–Kier alpha value is -3.55. The smallest absolute Gasteiger partial charge is 0.278 e. The molecule has 2 N–H and O–H groups in total. The molecule has 2 aromatic rings. The van der Waals surface area contributed by atoms with Gasteiger partial charge in [-0.1, -0.05) is 18.2 Å². The number of nitrogens with two attached hydrogens (primary N) is 1. The number of nitrogens with zero attached hydrogens (tertiary/aromatic N) is 3. The quantitative estimate of drug-likeness (QED) is 0.599. The highest BCUT2D eigenvalue weighted by Gasteiger charge is 2.21. The van der Waals surface area contributed by atoms with Gasteiger partial charge in [0, 0.05) is 17.1 Å². The number of benzene rings is 2. The van der Waals surface area contributed by atoms with Crippen LogP contribution in [0.5, 0.6) is 0 Å². The van der Waals surface area contributed by atoms with Crippen LogP contribution in [-0.2, 0) is 17.9 Å². The minimum Gasteiger partial charge on any atom is -0.368 e. The number of carbonyl (C=O) groups excluding carboxylic acids is 1. The van der Waals surface area contributed by atoms with Gasteiger partial charge in [0.15, 0.2) is 0 Å². The van der Waals surface area contributed by atoms with E-state index in [1.807, 2.05) is 0 Å². The molecule has 4 rings (SSSR count). The third-order valence-electron chi connectivity index (χ3n) is 4.35. The maximum atomic E-state index is 14.1. The monoisotopic (exact) mass is 368 g/mol. The summed E-state index contributed by atoms with van der Waals surface area (Å²) in [5.74, 6) is -1.59. The minimum absolute atomic E-state index is 0.144. The first-order valence-electron chi connectivity index (χ1n) is 8.15. The summed E-state index contributed by atoms with van der Waals surface area (Å²) in [5, 5.41) is 4.53. The van der Waals surface area contributed by atoms with Gasteiger partial charge in [-0.3, -0.25) is 9.59 Å². The van der Waals surface area contributed by atoms with Crippen LogP contribution in [0.4, 0.5) is 8.78 Å². The van der Waals surface area contributed by atoms with E-state index in [2.05, 4.69) is 5.10 Å². The van der Waals surface area contributed by atoms with Crippen LogP contribution in [0.3, 0.4) is 0 Å². The number of pyridine rings is 1. The summed E-state index contributed by atoms with van der Waals surface area (Å²) in [5.41, 5.74) is 6.10. The average Bonchev–Trinajstić information content (AvgIpc) is 2.93. The lowest BCUT2D eigenvalue weighted by Gasteiger charge is -2.14. The fourth-order valence-electron chi connectivity index (χ4n) is 3.15. The van der Waals surface area contributed by atoms with E-state index in [4.69, 9.17) is 5.73 Å². The lowest BCUT2D eigenvalue weighted by atomic mass is 10.1. The predicted octanol–water partition coefficient (Wildman–Crippen LogP) is 2.11. The Balaban J connectivity index is 1.99. The van der Waals surface area contributed by atoms with Gasteiger partial charge in [0.05, 0.1) is 17.6 Å². The standard InChI is InChI=1S/C19H14F2N4O2/c20-12-5-6-16-13(7-12)18-14(19(27)25(23-18)10-17(22)26)9-24(16)8-11-3-1-2-4-15(11)21/h1-7,9H,8,10H2,(H2,22,26). The van der Waals surface area contributed by atoms with Gasteiger partial charge in [0.25, 0.3) is 5.56 Å². The van der Waals surface area contributed by atoms with Gasteiger partial charge in [0.1, 0.15) is 23.9 Å². The first kappa shape index (κ1) is 16.9. The van der Waals surface area contributed by atoms with Gasteiger partial charge < -0.3 is 10.3 Å². The number of carbonyl (C=O) groups is 1. The largest absolute Gasteiger partial charge is 0.368 e. The molecule has 0 aliphatic carbocycles. The number of rotatable bonds is 4. The van der Waals surface area contributed by atoms with E-state index in [1.54, 1.807) is 28.8 Å². The van der Waals surface area contributed by atoms with Crippen molar-refractivity contribution in [2.24, 2.45) is 5.73 Å². The van der Waals surface area contributed by atoms with E-state index in [0.717, 1.165) is 4.68 Å². The van der Waals surface area contributed by atoms with E-state index >= 15 is 0 Å². The number of amides is 1. The van der Waals surface area contributed by atoms with Crippen molar-refractivity contribution in [1.29, 1.82) is 0 Å². The lowest BCUT2D eigenvalue weighted by Crippen LogP contribution is -2.26. The van der Waals surface area contributed by atoms with Crippen molar-refractivity contribution < 1.29 is 13.6 Å². The zero-order valence-electron chi connectivity index (χ0n) is 14.0. The molecule has 27 heavy (non-hydrogen) atoms. The van der Waals surface area contributed by atoms with Crippen LogP contribution >= 0.6 is 0 Å². The Morgan fingerprint density at radius 3 is 2.67 bits per heavy atom. The van der Waals surface area contributed by atoms with E-state index in [0.29, 0.717) is 16.5 Å². The van der Waals surface area contributed by atoms with Crippen LogP contribution in [0, 0.1) is 11.6 Å². The molecule has 0 bridgehead atoms. The second-order valence-corrected chi connectivity index (χ2v) is 6.20. The molecular formula is C19H14F2N4O2. The Morgan fingerprint density at radius 2 is 1.93 bits per heavy atom. The molecule has 2 aliphatic rings. The van der Waals surface area contributed by atoms with Crippen LogP contribution in [-0.4, -0.2) is 20.3 Å². The van der Waals surface area contributed by atoms with Gasteiger partial charge in [-0.15, -0.1) is 0 Å². The second-order valence-electron chi connectivity index (χ2n) is 6.20. The molecule has 2 aliphatic heterocycles. The number of aromatic nitrogens is 3. The van der Waals surface area contributed by atoms with Crippen molar-refractivity contribution in [3.05, 3.63) is 76.2 Å². The number of hydrogen-bond acceptors (Lipinski definition) is 3. The normalized spacial score (nSPS) is 11.3. The molecule has 0 saturated heterocycles. The van der Waals surface area contributed by atoms with Crippen molar-refractivity contribution in [2.45, 2.75) is 13.1 Å². The van der Waals surface area contributed by atoms with Crippen LogP contribution in [0.25, 0.3) is 22.2 Å². The zero-order chi connectivity index (χ0) is 19.1. The summed E-state index contributed by atoms with van der Waals surface area (Å²) < 4.78 is 30.5. The van der Waals surface area contributed by atoms with Gasteiger partial charge in [0.2, 0.25) is 5.91 Å². The molecule has 2 heterocycles. The molecule has 0 aromatic heterocycles. The number of primary amides is 1. The van der Waals surface area contributed by atoms with Crippen molar-refractivity contribution in [1.82, 2.24) is 14.3 Å². The van der Waals surface area contributed by atoms with Crippen molar-refractivity contribution in [2.75, 3.05) is 0 Å². The number of halogens is 2. The highest BCUT2D eigenvalue weighted by atomic mass is 19.1. The van der Waals surface area contributed by atoms with E-state index < -0.39 is 17.3 Å². The number of fused-ring (bicyclic) bond motifs is 3. The molecule has 0 saturated carbocycles. The molecule has 2 aromatic carbocycles. The van der Waals surface area contributed by atoms with Gasteiger partial charge >= 0.3 is 0 Å². The molecule has 6 nitrogen and oxygen atoms in total. The molecule has 1 amide bonds. The Labute approximate surface area is 151 Å². The van der Waals surface area contributed by atoms with Gasteiger partial charge in [-0.25, -0.2) is 13.5 Å². The Bertz CT molecular complexity index is 1210. The molecule has 0 fully saturated rings. The van der Waals surface area contributed by atoms with E-state index in [9.17, 15) is 18.4 Å². The Morgan fingerprint density at radius 1 is 1.15 bits per heavy atom. The van der Waals surface area contributed by atoms with Gasteiger partial charge in [-0.05, 0) is 24.3 Å². The second kappa shape index (κ2) is 6.31. The topological polar surface area (TPSA) is 82.9 Å². The first-order chi connectivity index (χ1) is 12.9. The molecule has 8 heteroatoms. The summed E-state index contributed by atoms with van der Waals surface area (Å²) >= 11 is 0. The molecule has 136 valence electrons. The van der Waals surface area contributed by atoms with E-state index in [1.165, 1.54) is 24.4 Å². The third-order valence-corrected chi connectivity index (χ3v) is 4.35. The molecule has 0 spiro atoms. The van der Waals surface area contributed by atoms with Crippen molar-refractivity contribution in [3.8, 4) is 11.3 Å². The summed E-state index contributed by atoms with van der Waals surface area (Å²) in [6.45, 7) is -0.233. The summed E-state index contributed by atoms with van der Waals surface area (Å²) in [4.78, 5) is 23.8. The maximum absolute atomic E-state index is 14.1. The Kier molecular flexibility index (Phi) is 3.95. The summed E-state index contributed by atoms with van der Waals surface area (Å²) in [6, 6.07) is 10.4. The number of hydrogen-bond donors (Lipinski definition) is 1. The molecule has 0 atom stereocenters. The molecule has 0 unspecified atom stereocenters. The SMILES string of the molecule is NC(=O)Cn1nc2c3cc(F)ccc3n(Cc3ccccc3F)cc-2c1=O. The van der Waals surface area contributed by atoms with Gasteiger partial charge in [-0.2, -0.15) is 5.10 Å². The zero-order valence-corrected chi connectivity index (χ0v) is 14.0. The van der Waals surface area contributed by atoms with Crippen LogP contribution in [0.1, 0.15) is 5.56 Å². The lowest BCUT2D eigenvalue weighted by molar-refractivity contribution is -0.118. The highest BCUT2D eigenvalue weighted by molar-refractivity contribution is 5.93. The first-order valence-corrected chi connectivity index (χ1v) is 8.15. The minimum atomic E-state index is -0.713. The fourth-order valence-corrected chi connectivity index (χ4v) is 3.15. The fraction of sp³-hybridized carbons (Fsp3) is 0.105. The molecule has 0 radical (unpaired) electrons. The van der Waals surface area contributed by atoms with Crippen molar-refractivity contribution in [3.63, 3.8) is 0 Å². The summed E-state index contributed by atoms with van der Waals surface area (Å²) in [7, 11) is 0. The maximum Gasteiger partial charge on any atom is 0.278 e. The van der Waals surface area contributed by atoms with Crippen LogP contribution in [0.15, 0.2) is 53.5 Å². The van der Waals surface area contributed by atoms with E-state index in [-0.39, 0.29) is 30.2 Å². The molecular weight excluding hydrogens is 354 g/mol. The highest BCUT2D eigenvalue weighted by Crippen LogP contribution is 2.28. The predicted molar refractivity (Wildman–Crippen MR) is 95.3 cm³/mol. The van der Waals surface area contributed by atoms with Crippen LogP contribution in [0.2, 0.25) is 0 Å². The van der Waals surface area contributed by atoms with Crippen LogP contribution < -0.4 is 11.3 Å². The summed E-state index contributed by atoms with van der Waals surface area (Å²) in [6.07, 6.45) is 1.54. The van der Waals surface area contributed by atoms with Crippen molar-refractivity contribution >= 4 is 16.8 Å².